The van der Waals surface area contributed by atoms with Crippen LogP contribution in [0.2, 0.25) is 0 Å². The first-order valence-electron chi connectivity index (χ1n) is 10.1. The summed E-state index contributed by atoms with van der Waals surface area (Å²) in [5.74, 6) is 2.91. The number of hydrogen-bond donors (Lipinski definition) is 1. The van der Waals surface area contributed by atoms with Crippen LogP contribution in [0.1, 0.15) is 0 Å². The van der Waals surface area contributed by atoms with Crippen molar-refractivity contribution in [3.8, 4) is 11.1 Å². The summed E-state index contributed by atoms with van der Waals surface area (Å²) in [4.78, 5) is 17.5. The summed E-state index contributed by atoms with van der Waals surface area (Å²) in [5, 5.41) is 8.42. The molecule has 0 aliphatic carbocycles. The lowest BCUT2D eigenvalue weighted by atomic mass is 10.1. The molecule has 0 radical (unpaired) electrons. The standard InChI is InChI=1S/C22H23N7O2/c1-28(2)21-17-4-3-15(13-18(17)31-27-21)16-5-7-23-20(14-16)25-19-6-8-24-22(26-19)29-9-11-30-12-10-29/h3-8,13-14H,9-12H2,1-2H3,(H,23,24,25,26). The summed E-state index contributed by atoms with van der Waals surface area (Å²) in [5.41, 5.74) is 2.79. The molecule has 3 aromatic heterocycles. The molecule has 4 aromatic rings. The summed E-state index contributed by atoms with van der Waals surface area (Å²) < 4.78 is 10.9. The summed E-state index contributed by atoms with van der Waals surface area (Å²) in [7, 11) is 3.90. The largest absolute Gasteiger partial charge is 0.378 e. The summed E-state index contributed by atoms with van der Waals surface area (Å²) in [6, 6.07) is 11.9. The first kappa shape index (κ1) is 19.3. The molecule has 0 unspecified atom stereocenters. The zero-order valence-electron chi connectivity index (χ0n) is 17.4. The van der Waals surface area contributed by atoms with Gasteiger partial charge in [-0.1, -0.05) is 11.2 Å². The van der Waals surface area contributed by atoms with Crippen molar-refractivity contribution in [2.75, 3.05) is 55.5 Å². The van der Waals surface area contributed by atoms with Gasteiger partial charge >= 0.3 is 0 Å². The third-order valence-electron chi connectivity index (χ3n) is 5.16. The van der Waals surface area contributed by atoms with E-state index >= 15 is 0 Å². The van der Waals surface area contributed by atoms with Crippen molar-refractivity contribution in [1.29, 1.82) is 0 Å². The van der Waals surface area contributed by atoms with E-state index in [1.807, 2.05) is 49.3 Å². The lowest BCUT2D eigenvalue weighted by Crippen LogP contribution is -2.37. The average Bonchev–Trinajstić information content (AvgIpc) is 3.24. The molecule has 1 aliphatic rings. The molecule has 158 valence electrons. The van der Waals surface area contributed by atoms with Crippen LogP contribution in [0.25, 0.3) is 22.1 Å². The molecule has 0 bridgehead atoms. The van der Waals surface area contributed by atoms with Gasteiger partial charge in [0.15, 0.2) is 11.4 Å². The Balaban J connectivity index is 1.39. The molecule has 0 atom stereocenters. The smallest absolute Gasteiger partial charge is 0.227 e. The van der Waals surface area contributed by atoms with E-state index in [-0.39, 0.29) is 0 Å². The summed E-state index contributed by atoms with van der Waals surface area (Å²) in [6.07, 6.45) is 3.53. The quantitative estimate of drug-likeness (QED) is 0.525. The van der Waals surface area contributed by atoms with Crippen molar-refractivity contribution in [3.63, 3.8) is 0 Å². The van der Waals surface area contributed by atoms with E-state index in [1.165, 1.54) is 0 Å². The number of hydrogen-bond acceptors (Lipinski definition) is 9. The van der Waals surface area contributed by atoms with Gasteiger partial charge in [0, 0.05) is 39.6 Å². The van der Waals surface area contributed by atoms with E-state index in [0.717, 1.165) is 41.0 Å². The van der Waals surface area contributed by atoms with Crippen molar-refractivity contribution >= 4 is 34.4 Å². The molecule has 1 aromatic carbocycles. The molecule has 1 saturated heterocycles. The number of nitrogens with one attached hydrogen (secondary N) is 1. The predicted molar refractivity (Wildman–Crippen MR) is 120 cm³/mol. The topological polar surface area (TPSA) is 92.4 Å². The Morgan fingerprint density at radius 3 is 2.58 bits per heavy atom. The monoisotopic (exact) mass is 417 g/mol. The maximum Gasteiger partial charge on any atom is 0.227 e. The molecule has 1 fully saturated rings. The first-order valence-corrected chi connectivity index (χ1v) is 10.1. The van der Waals surface area contributed by atoms with Crippen LogP contribution < -0.4 is 15.1 Å². The molecule has 4 heterocycles. The average molecular weight is 417 g/mol. The van der Waals surface area contributed by atoms with E-state index < -0.39 is 0 Å². The minimum Gasteiger partial charge on any atom is -0.378 e. The van der Waals surface area contributed by atoms with Gasteiger partial charge in [-0.2, -0.15) is 4.98 Å². The molecule has 9 nitrogen and oxygen atoms in total. The summed E-state index contributed by atoms with van der Waals surface area (Å²) in [6.45, 7) is 2.96. The highest BCUT2D eigenvalue weighted by Crippen LogP contribution is 2.30. The molecule has 0 spiro atoms. The number of nitrogens with zero attached hydrogens (tertiary/aromatic N) is 6. The van der Waals surface area contributed by atoms with Crippen LogP contribution in [0.3, 0.4) is 0 Å². The maximum atomic E-state index is 5.52. The number of benzene rings is 1. The van der Waals surface area contributed by atoms with Crippen LogP contribution in [-0.2, 0) is 4.74 Å². The van der Waals surface area contributed by atoms with Gasteiger partial charge in [0.05, 0.1) is 18.6 Å². The Kier molecular flexibility index (Phi) is 5.09. The number of morpholine rings is 1. The van der Waals surface area contributed by atoms with Gasteiger partial charge < -0.3 is 24.4 Å². The van der Waals surface area contributed by atoms with E-state index in [1.54, 1.807) is 12.4 Å². The Morgan fingerprint density at radius 2 is 1.74 bits per heavy atom. The molecule has 0 amide bonds. The van der Waals surface area contributed by atoms with Crippen LogP contribution in [-0.4, -0.2) is 60.5 Å². The highest BCUT2D eigenvalue weighted by molar-refractivity contribution is 5.91. The van der Waals surface area contributed by atoms with Crippen molar-refractivity contribution in [2.24, 2.45) is 0 Å². The SMILES string of the molecule is CN(C)c1noc2cc(-c3ccnc(Nc4ccnc(N5CCOCC5)n4)c3)ccc12. The van der Waals surface area contributed by atoms with Crippen LogP contribution in [0.5, 0.6) is 0 Å². The van der Waals surface area contributed by atoms with Crippen LogP contribution >= 0.6 is 0 Å². The van der Waals surface area contributed by atoms with Gasteiger partial charge in [-0.15, -0.1) is 0 Å². The van der Waals surface area contributed by atoms with Gasteiger partial charge in [-0.05, 0) is 41.5 Å². The van der Waals surface area contributed by atoms with Crippen LogP contribution in [0, 0.1) is 0 Å². The molecular formula is C22H23N7O2. The Bertz CT molecular complexity index is 1200. The fourth-order valence-corrected chi connectivity index (χ4v) is 3.57. The zero-order valence-corrected chi connectivity index (χ0v) is 17.4. The number of fused-ring (bicyclic) bond motifs is 1. The van der Waals surface area contributed by atoms with E-state index in [2.05, 4.69) is 36.4 Å². The fraction of sp³-hybridized carbons (Fsp3) is 0.273. The highest BCUT2D eigenvalue weighted by Gasteiger charge is 2.15. The Hall–Kier alpha value is -3.72. The van der Waals surface area contributed by atoms with E-state index in [0.29, 0.717) is 30.8 Å². The predicted octanol–water partition coefficient (Wildman–Crippen LogP) is 3.33. The molecule has 0 saturated carbocycles. The van der Waals surface area contributed by atoms with Crippen molar-refractivity contribution in [3.05, 3.63) is 48.8 Å². The van der Waals surface area contributed by atoms with Crippen molar-refractivity contribution < 1.29 is 9.26 Å². The van der Waals surface area contributed by atoms with Gasteiger partial charge in [0.25, 0.3) is 0 Å². The number of ether oxygens (including phenoxy) is 1. The van der Waals surface area contributed by atoms with Gasteiger partial charge in [0.1, 0.15) is 11.6 Å². The second-order valence-corrected chi connectivity index (χ2v) is 7.51. The second-order valence-electron chi connectivity index (χ2n) is 7.51. The van der Waals surface area contributed by atoms with Gasteiger partial charge in [-0.3, -0.25) is 0 Å². The van der Waals surface area contributed by atoms with Crippen molar-refractivity contribution in [2.45, 2.75) is 0 Å². The van der Waals surface area contributed by atoms with Gasteiger partial charge in [-0.25, -0.2) is 9.97 Å². The number of anilines is 4. The number of pyridine rings is 1. The van der Waals surface area contributed by atoms with Crippen LogP contribution in [0.15, 0.2) is 53.3 Å². The zero-order chi connectivity index (χ0) is 21.2. The third kappa shape index (κ3) is 3.99. The third-order valence-corrected chi connectivity index (χ3v) is 5.16. The fourth-order valence-electron chi connectivity index (χ4n) is 3.57. The van der Waals surface area contributed by atoms with Crippen LogP contribution in [0.4, 0.5) is 23.4 Å². The molecule has 5 rings (SSSR count). The maximum absolute atomic E-state index is 5.52. The molecule has 31 heavy (non-hydrogen) atoms. The minimum atomic E-state index is 0.691. The normalized spacial score (nSPS) is 14.1. The minimum absolute atomic E-state index is 0.691. The molecule has 9 heteroatoms. The number of rotatable bonds is 5. The van der Waals surface area contributed by atoms with Crippen molar-refractivity contribution in [1.82, 2.24) is 20.1 Å². The lowest BCUT2D eigenvalue weighted by molar-refractivity contribution is 0.122. The molecule has 1 N–H and O–H groups in total. The second kappa shape index (κ2) is 8.19. The van der Waals surface area contributed by atoms with Gasteiger partial charge in [0.2, 0.25) is 5.95 Å². The first-order chi connectivity index (χ1) is 15.2. The highest BCUT2D eigenvalue weighted by atomic mass is 16.5. The molecule has 1 aliphatic heterocycles. The lowest BCUT2D eigenvalue weighted by Gasteiger charge is -2.26. The van der Waals surface area contributed by atoms with E-state index in [4.69, 9.17) is 9.26 Å². The Labute approximate surface area is 179 Å². The number of aromatic nitrogens is 4. The summed E-state index contributed by atoms with van der Waals surface area (Å²) >= 11 is 0. The molecular weight excluding hydrogens is 394 g/mol. The Morgan fingerprint density at radius 1 is 0.935 bits per heavy atom. The van der Waals surface area contributed by atoms with E-state index in [9.17, 15) is 0 Å².